The van der Waals surface area contributed by atoms with Gasteiger partial charge in [-0.3, -0.25) is 4.99 Å². The highest BCUT2D eigenvalue weighted by Crippen LogP contribution is 2.29. The van der Waals surface area contributed by atoms with Crippen molar-refractivity contribution in [3.05, 3.63) is 42.5 Å². The summed E-state index contributed by atoms with van der Waals surface area (Å²) in [6, 6.07) is 12.9. The van der Waals surface area contributed by atoms with Crippen molar-refractivity contribution in [3.63, 3.8) is 0 Å². The molecule has 0 fully saturated rings. The summed E-state index contributed by atoms with van der Waals surface area (Å²) in [5.74, 6) is 3.21. The second kappa shape index (κ2) is 10.0. The van der Waals surface area contributed by atoms with Crippen LogP contribution in [0.15, 0.2) is 47.5 Å². The Kier molecular flexibility index (Phi) is 7.42. The predicted octanol–water partition coefficient (Wildman–Crippen LogP) is 2.91. The Morgan fingerprint density at radius 3 is 2.27 bits per heavy atom. The van der Waals surface area contributed by atoms with Crippen molar-refractivity contribution in [1.82, 2.24) is 0 Å². The Morgan fingerprint density at radius 1 is 0.923 bits per heavy atom. The Hall–Kier alpha value is -3.09. The fourth-order valence-corrected chi connectivity index (χ4v) is 2.23. The molecule has 0 atom stereocenters. The van der Waals surface area contributed by atoms with E-state index in [1.54, 1.807) is 33.5 Å². The molecule has 0 saturated heterocycles. The molecule has 0 aromatic heterocycles. The Balaban J connectivity index is 1.75. The number of hydrogen-bond acceptors (Lipinski definition) is 5. The molecule has 0 aliphatic carbocycles. The molecule has 7 heteroatoms. The maximum absolute atomic E-state index is 5.91. The number of guanidine groups is 1. The molecule has 0 aliphatic rings. The van der Waals surface area contributed by atoms with Gasteiger partial charge in [0.05, 0.1) is 27.9 Å². The van der Waals surface area contributed by atoms with Crippen LogP contribution in [0, 0.1) is 0 Å². The van der Waals surface area contributed by atoms with E-state index in [-0.39, 0.29) is 0 Å². The number of hydrogen-bond donors (Lipinski definition) is 2. The lowest BCUT2D eigenvalue weighted by Gasteiger charge is -2.11. The first kappa shape index (κ1) is 19.2. The van der Waals surface area contributed by atoms with Crippen molar-refractivity contribution in [2.24, 2.45) is 10.7 Å². The second-order valence-corrected chi connectivity index (χ2v) is 5.34. The molecule has 26 heavy (non-hydrogen) atoms. The van der Waals surface area contributed by atoms with Crippen molar-refractivity contribution in [3.8, 4) is 23.0 Å². The summed E-state index contributed by atoms with van der Waals surface area (Å²) in [6.07, 6.45) is 0.750. The van der Waals surface area contributed by atoms with E-state index in [1.165, 1.54) is 0 Å². The summed E-state index contributed by atoms with van der Waals surface area (Å²) in [5.41, 5.74) is 6.68. The molecule has 2 aromatic rings. The van der Waals surface area contributed by atoms with Crippen LogP contribution < -0.4 is 30.0 Å². The zero-order chi connectivity index (χ0) is 18.8. The van der Waals surface area contributed by atoms with Gasteiger partial charge >= 0.3 is 0 Å². The standard InChI is InChI=1S/C19H25N3O4/c1-23-15-6-8-16(9-7-15)26-12-4-11-21-19(20)22-14-5-10-17(24-2)18(13-14)25-3/h5-10,13H,4,11-12H2,1-3H3,(H3,20,21,22). The smallest absolute Gasteiger partial charge is 0.193 e. The molecule has 0 amide bonds. The van der Waals surface area contributed by atoms with E-state index in [1.807, 2.05) is 30.3 Å². The van der Waals surface area contributed by atoms with Crippen LogP contribution in [0.3, 0.4) is 0 Å². The molecule has 3 N–H and O–H groups in total. The predicted molar refractivity (Wildman–Crippen MR) is 103 cm³/mol. The van der Waals surface area contributed by atoms with E-state index in [0.717, 1.165) is 23.6 Å². The molecule has 7 nitrogen and oxygen atoms in total. The molecule has 0 saturated carbocycles. The highest BCUT2D eigenvalue weighted by molar-refractivity contribution is 5.92. The van der Waals surface area contributed by atoms with Gasteiger partial charge in [0.2, 0.25) is 0 Å². The van der Waals surface area contributed by atoms with E-state index < -0.39 is 0 Å². The van der Waals surface area contributed by atoms with E-state index in [4.69, 9.17) is 24.7 Å². The molecule has 0 aliphatic heterocycles. The first-order valence-electron chi connectivity index (χ1n) is 8.22. The molecular weight excluding hydrogens is 334 g/mol. The van der Waals surface area contributed by atoms with Gasteiger partial charge in [0.15, 0.2) is 17.5 Å². The van der Waals surface area contributed by atoms with Crippen LogP contribution >= 0.6 is 0 Å². The maximum Gasteiger partial charge on any atom is 0.193 e. The largest absolute Gasteiger partial charge is 0.497 e. The van der Waals surface area contributed by atoms with Crippen LogP contribution in [-0.2, 0) is 0 Å². The third kappa shape index (κ3) is 5.77. The average Bonchev–Trinajstić information content (AvgIpc) is 2.68. The minimum absolute atomic E-state index is 0.335. The minimum atomic E-state index is 0.335. The van der Waals surface area contributed by atoms with Gasteiger partial charge in [-0.2, -0.15) is 0 Å². The molecule has 0 unspecified atom stereocenters. The number of rotatable bonds is 9. The average molecular weight is 359 g/mol. The SMILES string of the molecule is COc1ccc(OCCCN=C(N)Nc2ccc(OC)c(OC)c2)cc1. The quantitative estimate of drug-likeness (QED) is 0.407. The fraction of sp³-hybridized carbons (Fsp3) is 0.316. The molecule has 140 valence electrons. The molecule has 0 heterocycles. The zero-order valence-corrected chi connectivity index (χ0v) is 15.3. The summed E-state index contributed by atoms with van der Waals surface area (Å²) in [7, 11) is 4.81. The Bertz CT molecular complexity index is 717. The van der Waals surface area contributed by atoms with Gasteiger partial charge < -0.3 is 30.0 Å². The number of ether oxygens (including phenoxy) is 4. The van der Waals surface area contributed by atoms with Gasteiger partial charge in [0.1, 0.15) is 11.5 Å². The van der Waals surface area contributed by atoms with Crippen molar-refractivity contribution in [1.29, 1.82) is 0 Å². The van der Waals surface area contributed by atoms with Crippen molar-refractivity contribution in [2.45, 2.75) is 6.42 Å². The van der Waals surface area contributed by atoms with Gasteiger partial charge in [0, 0.05) is 24.7 Å². The molecule has 0 radical (unpaired) electrons. The molecule has 0 bridgehead atoms. The van der Waals surface area contributed by atoms with Crippen LogP contribution in [0.1, 0.15) is 6.42 Å². The van der Waals surface area contributed by atoms with Crippen LogP contribution in [0.2, 0.25) is 0 Å². The Labute approximate surface area is 153 Å². The number of nitrogens with zero attached hydrogens (tertiary/aromatic N) is 1. The summed E-state index contributed by atoms with van der Waals surface area (Å²) in [5, 5.41) is 3.03. The van der Waals surface area contributed by atoms with Crippen LogP contribution in [-0.4, -0.2) is 40.4 Å². The highest BCUT2D eigenvalue weighted by atomic mass is 16.5. The van der Waals surface area contributed by atoms with Crippen molar-refractivity contribution < 1.29 is 18.9 Å². The highest BCUT2D eigenvalue weighted by Gasteiger charge is 2.05. The molecule has 2 aromatic carbocycles. The lowest BCUT2D eigenvalue weighted by molar-refractivity contribution is 0.313. The third-order valence-electron chi connectivity index (χ3n) is 3.57. The van der Waals surface area contributed by atoms with Crippen molar-refractivity contribution in [2.75, 3.05) is 39.8 Å². The summed E-state index contributed by atoms with van der Waals surface area (Å²) >= 11 is 0. The number of aliphatic imine (C=N–C) groups is 1. The van der Waals surface area contributed by atoms with Gasteiger partial charge in [-0.25, -0.2) is 0 Å². The second-order valence-electron chi connectivity index (χ2n) is 5.34. The number of methoxy groups -OCH3 is 3. The number of nitrogens with two attached hydrogens (primary N) is 1. The lowest BCUT2D eigenvalue weighted by Crippen LogP contribution is -2.23. The fourth-order valence-electron chi connectivity index (χ4n) is 2.23. The summed E-state index contributed by atoms with van der Waals surface area (Å²) in [4.78, 5) is 4.29. The van der Waals surface area contributed by atoms with Crippen LogP contribution in [0.25, 0.3) is 0 Å². The van der Waals surface area contributed by atoms with Crippen LogP contribution in [0.5, 0.6) is 23.0 Å². The monoisotopic (exact) mass is 359 g/mol. The minimum Gasteiger partial charge on any atom is -0.497 e. The molecule has 0 spiro atoms. The first-order valence-corrected chi connectivity index (χ1v) is 8.22. The zero-order valence-electron chi connectivity index (χ0n) is 15.3. The summed E-state index contributed by atoms with van der Waals surface area (Å²) < 4.78 is 21.2. The normalized spacial score (nSPS) is 11.0. The first-order chi connectivity index (χ1) is 12.7. The lowest BCUT2D eigenvalue weighted by atomic mass is 10.3. The van der Waals surface area contributed by atoms with Crippen molar-refractivity contribution >= 4 is 11.6 Å². The van der Waals surface area contributed by atoms with E-state index in [0.29, 0.717) is 30.6 Å². The van der Waals surface area contributed by atoms with Gasteiger partial charge in [-0.15, -0.1) is 0 Å². The molecular formula is C19H25N3O4. The number of anilines is 1. The Morgan fingerprint density at radius 2 is 1.62 bits per heavy atom. The van der Waals surface area contributed by atoms with E-state index in [9.17, 15) is 0 Å². The van der Waals surface area contributed by atoms with E-state index >= 15 is 0 Å². The third-order valence-corrected chi connectivity index (χ3v) is 3.57. The van der Waals surface area contributed by atoms with Gasteiger partial charge in [0.25, 0.3) is 0 Å². The van der Waals surface area contributed by atoms with Gasteiger partial charge in [-0.1, -0.05) is 0 Å². The maximum atomic E-state index is 5.91. The van der Waals surface area contributed by atoms with Gasteiger partial charge in [-0.05, 0) is 36.4 Å². The summed E-state index contributed by atoms with van der Waals surface area (Å²) in [6.45, 7) is 1.11. The van der Waals surface area contributed by atoms with E-state index in [2.05, 4.69) is 10.3 Å². The van der Waals surface area contributed by atoms with Crippen LogP contribution in [0.4, 0.5) is 5.69 Å². The number of nitrogens with one attached hydrogen (secondary N) is 1. The number of benzene rings is 2. The molecule has 2 rings (SSSR count). The topological polar surface area (TPSA) is 87.3 Å².